The highest BCUT2D eigenvalue weighted by atomic mass is 19.1. The third-order valence-corrected chi connectivity index (χ3v) is 3.80. The van der Waals surface area contributed by atoms with Gasteiger partial charge in [0.15, 0.2) is 18.2 Å². The van der Waals surface area contributed by atoms with Crippen LogP contribution in [0.15, 0.2) is 54.6 Å². The van der Waals surface area contributed by atoms with Gasteiger partial charge >= 0.3 is 0 Å². The Hall–Kier alpha value is -2.89. The summed E-state index contributed by atoms with van der Waals surface area (Å²) in [7, 11) is 1.51. The van der Waals surface area contributed by atoms with Crippen LogP contribution in [0.5, 0.6) is 5.75 Å². The van der Waals surface area contributed by atoms with Gasteiger partial charge in [0.1, 0.15) is 6.04 Å². The number of hydrogen-bond donors (Lipinski definition) is 1. The Morgan fingerprint density at radius 1 is 1.12 bits per heavy atom. The van der Waals surface area contributed by atoms with Crippen molar-refractivity contribution in [2.75, 3.05) is 13.7 Å². The molecule has 1 atom stereocenters. The summed E-state index contributed by atoms with van der Waals surface area (Å²) in [4.78, 5) is 26.0. The van der Waals surface area contributed by atoms with E-state index in [2.05, 4.69) is 5.32 Å². The topological polar surface area (TPSA) is 58.6 Å². The van der Waals surface area contributed by atoms with Crippen LogP contribution < -0.4 is 10.1 Å². The smallest absolute Gasteiger partial charge is 0.261 e. The minimum atomic E-state index is -0.679. The minimum Gasteiger partial charge on any atom is -0.481 e. The van der Waals surface area contributed by atoms with Crippen molar-refractivity contribution < 1.29 is 18.7 Å². The van der Waals surface area contributed by atoms with E-state index < -0.39 is 17.8 Å². The van der Waals surface area contributed by atoms with Gasteiger partial charge < -0.3 is 15.0 Å². The number of amides is 2. The minimum absolute atomic E-state index is 0.00288. The molecule has 0 saturated heterocycles. The Bertz CT molecular complexity index is 722. The number of benzene rings is 2. The Labute approximate surface area is 146 Å². The monoisotopic (exact) mass is 344 g/mol. The molecule has 0 bridgehead atoms. The van der Waals surface area contributed by atoms with Crippen LogP contribution in [0.1, 0.15) is 12.5 Å². The molecule has 25 heavy (non-hydrogen) atoms. The number of hydrogen-bond acceptors (Lipinski definition) is 3. The number of nitrogens with one attached hydrogen (secondary N) is 1. The van der Waals surface area contributed by atoms with Gasteiger partial charge in [-0.05, 0) is 24.6 Å². The van der Waals surface area contributed by atoms with E-state index in [1.807, 2.05) is 30.3 Å². The molecule has 0 radical (unpaired) electrons. The van der Waals surface area contributed by atoms with Crippen molar-refractivity contribution in [3.05, 3.63) is 66.0 Å². The van der Waals surface area contributed by atoms with E-state index in [0.717, 1.165) is 5.56 Å². The second kappa shape index (κ2) is 8.82. The molecule has 2 aromatic rings. The molecule has 6 heteroatoms. The number of para-hydroxylation sites is 1. The Kier molecular flexibility index (Phi) is 6.51. The number of carbonyl (C=O) groups excluding carboxylic acids is 2. The fourth-order valence-corrected chi connectivity index (χ4v) is 2.36. The molecule has 1 N–H and O–H groups in total. The first kappa shape index (κ1) is 18.4. The van der Waals surface area contributed by atoms with E-state index in [0.29, 0.717) is 0 Å². The lowest BCUT2D eigenvalue weighted by Gasteiger charge is -2.28. The fraction of sp³-hybridized carbons (Fsp3) is 0.263. The number of rotatable bonds is 7. The molecule has 0 aliphatic heterocycles. The average molecular weight is 344 g/mol. The zero-order valence-electron chi connectivity index (χ0n) is 14.2. The maximum atomic E-state index is 13.6. The second-order valence-corrected chi connectivity index (χ2v) is 5.52. The van der Waals surface area contributed by atoms with Crippen LogP contribution in [0.2, 0.25) is 0 Å². The number of carbonyl (C=O) groups is 2. The zero-order chi connectivity index (χ0) is 18.2. The summed E-state index contributed by atoms with van der Waals surface area (Å²) in [6.45, 7) is 1.55. The van der Waals surface area contributed by atoms with Crippen molar-refractivity contribution in [3.8, 4) is 5.75 Å². The molecule has 0 aliphatic rings. The zero-order valence-corrected chi connectivity index (χ0v) is 14.2. The molecule has 0 unspecified atom stereocenters. The van der Waals surface area contributed by atoms with Crippen molar-refractivity contribution in [2.45, 2.75) is 19.5 Å². The third-order valence-electron chi connectivity index (χ3n) is 3.80. The molecule has 2 aromatic carbocycles. The predicted molar refractivity (Wildman–Crippen MR) is 92.4 cm³/mol. The van der Waals surface area contributed by atoms with Crippen molar-refractivity contribution in [2.24, 2.45) is 0 Å². The summed E-state index contributed by atoms with van der Waals surface area (Å²) in [6, 6.07) is 14.5. The molecular weight excluding hydrogens is 323 g/mol. The third kappa shape index (κ3) is 5.04. The quantitative estimate of drug-likeness (QED) is 0.839. The highest BCUT2D eigenvalue weighted by Crippen LogP contribution is 2.16. The van der Waals surface area contributed by atoms with Gasteiger partial charge in [-0.2, -0.15) is 0 Å². The second-order valence-electron chi connectivity index (χ2n) is 5.52. The summed E-state index contributed by atoms with van der Waals surface area (Å²) in [5, 5.41) is 2.54. The van der Waals surface area contributed by atoms with Crippen LogP contribution in [-0.2, 0) is 16.1 Å². The number of likely N-dealkylation sites (N-methyl/N-ethyl adjacent to an activating group) is 1. The maximum absolute atomic E-state index is 13.6. The number of ether oxygens (including phenoxy) is 1. The lowest BCUT2D eigenvalue weighted by molar-refractivity contribution is -0.142. The van der Waals surface area contributed by atoms with E-state index in [4.69, 9.17) is 4.74 Å². The van der Waals surface area contributed by atoms with Crippen molar-refractivity contribution in [1.29, 1.82) is 0 Å². The molecule has 0 saturated carbocycles. The molecular formula is C19H21FN2O3. The van der Waals surface area contributed by atoms with Gasteiger partial charge in [0.25, 0.3) is 5.91 Å². The summed E-state index contributed by atoms with van der Waals surface area (Å²) in [5.41, 5.74) is 0.887. The Morgan fingerprint density at radius 2 is 1.76 bits per heavy atom. The molecule has 0 heterocycles. The van der Waals surface area contributed by atoms with Gasteiger partial charge in [0, 0.05) is 13.6 Å². The first-order valence-corrected chi connectivity index (χ1v) is 7.95. The van der Waals surface area contributed by atoms with Gasteiger partial charge in [0.05, 0.1) is 0 Å². The van der Waals surface area contributed by atoms with Gasteiger partial charge in [0.2, 0.25) is 5.91 Å². The first-order chi connectivity index (χ1) is 12.0. The predicted octanol–water partition coefficient (Wildman–Crippen LogP) is 2.37. The molecule has 0 fully saturated rings. The average Bonchev–Trinajstić information content (AvgIpc) is 2.64. The molecule has 2 rings (SSSR count). The summed E-state index contributed by atoms with van der Waals surface area (Å²) in [6.07, 6.45) is 0. The number of nitrogens with zero attached hydrogens (tertiary/aromatic N) is 1. The van der Waals surface area contributed by atoms with Crippen molar-refractivity contribution in [1.82, 2.24) is 10.2 Å². The van der Waals surface area contributed by atoms with Crippen LogP contribution in [0.25, 0.3) is 0 Å². The van der Waals surface area contributed by atoms with E-state index >= 15 is 0 Å². The largest absolute Gasteiger partial charge is 0.481 e. The normalized spacial score (nSPS) is 11.5. The van der Waals surface area contributed by atoms with E-state index in [-0.39, 0.29) is 24.8 Å². The van der Waals surface area contributed by atoms with E-state index in [9.17, 15) is 14.0 Å². The summed E-state index contributed by atoms with van der Waals surface area (Å²) < 4.78 is 18.9. The highest BCUT2D eigenvalue weighted by molar-refractivity contribution is 5.87. The van der Waals surface area contributed by atoms with Crippen LogP contribution in [-0.4, -0.2) is 36.4 Å². The molecule has 2 amide bonds. The summed E-state index contributed by atoms with van der Waals surface area (Å²) >= 11 is 0. The van der Waals surface area contributed by atoms with Crippen LogP contribution in [0.4, 0.5) is 4.39 Å². The van der Waals surface area contributed by atoms with Crippen molar-refractivity contribution >= 4 is 11.8 Å². The lowest BCUT2D eigenvalue weighted by Crippen LogP contribution is -2.48. The fourth-order valence-electron chi connectivity index (χ4n) is 2.36. The molecule has 132 valence electrons. The standard InChI is InChI=1S/C19H21FN2O3/c1-14(19(24)21-2)22(12-15-8-4-3-5-9-15)18(23)13-25-17-11-7-6-10-16(17)20/h3-11,14H,12-13H2,1-2H3,(H,21,24)/t14-/m0/s1. The molecule has 0 spiro atoms. The van der Waals surface area contributed by atoms with Crippen molar-refractivity contribution in [3.63, 3.8) is 0 Å². The van der Waals surface area contributed by atoms with E-state index in [1.165, 1.54) is 24.1 Å². The Balaban J connectivity index is 2.11. The molecule has 0 aliphatic carbocycles. The van der Waals surface area contributed by atoms with Gasteiger partial charge in [-0.1, -0.05) is 42.5 Å². The molecule has 0 aromatic heterocycles. The lowest BCUT2D eigenvalue weighted by atomic mass is 10.1. The van der Waals surface area contributed by atoms with Gasteiger partial charge in [-0.3, -0.25) is 9.59 Å². The van der Waals surface area contributed by atoms with Crippen LogP contribution in [0.3, 0.4) is 0 Å². The molecule has 5 nitrogen and oxygen atoms in total. The summed E-state index contributed by atoms with van der Waals surface area (Å²) in [5.74, 6) is -1.22. The first-order valence-electron chi connectivity index (χ1n) is 7.95. The van der Waals surface area contributed by atoms with Crippen LogP contribution >= 0.6 is 0 Å². The van der Waals surface area contributed by atoms with Gasteiger partial charge in [-0.25, -0.2) is 4.39 Å². The Morgan fingerprint density at radius 3 is 2.40 bits per heavy atom. The van der Waals surface area contributed by atoms with Crippen LogP contribution in [0, 0.1) is 5.82 Å². The number of halogens is 1. The van der Waals surface area contributed by atoms with Gasteiger partial charge in [-0.15, -0.1) is 0 Å². The highest BCUT2D eigenvalue weighted by Gasteiger charge is 2.26. The van der Waals surface area contributed by atoms with E-state index in [1.54, 1.807) is 19.1 Å². The maximum Gasteiger partial charge on any atom is 0.261 e. The SMILES string of the molecule is CNC(=O)[C@H](C)N(Cc1ccccc1)C(=O)COc1ccccc1F.